The number of hydrogen-bond donors (Lipinski definition) is 3. The van der Waals surface area contributed by atoms with Crippen LogP contribution in [0.3, 0.4) is 0 Å². The maximum atomic E-state index is 6.03. The van der Waals surface area contributed by atoms with Crippen molar-refractivity contribution in [1.29, 1.82) is 0 Å². The molecule has 3 heteroatoms. The van der Waals surface area contributed by atoms with Crippen molar-refractivity contribution in [3.05, 3.63) is 34.9 Å². The Kier molecular flexibility index (Phi) is 3.37. The van der Waals surface area contributed by atoms with Gasteiger partial charge in [0.25, 0.3) is 0 Å². The number of nitrogens with two attached hydrogens (primary N) is 2. The molecule has 0 radical (unpaired) electrons. The van der Waals surface area contributed by atoms with Crippen molar-refractivity contribution in [2.24, 2.45) is 11.5 Å². The number of piperidine rings is 1. The Morgan fingerprint density at radius 2 is 2.00 bits per heavy atom. The van der Waals surface area contributed by atoms with Crippen LogP contribution in [-0.4, -0.2) is 19.1 Å². The number of rotatable bonds is 3. The predicted octanol–water partition coefficient (Wildman–Crippen LogP) is 1.43. The fourth-order valence-corrected chi connectivity index (χ4v) is 3.08. The second-order valence-corrected chi connectivity index (χ2v) is 5.79. The fraction of sp³-hybridized carbons (Fsp3) is 0.600. The van der Waals surface area contributed by atoms with Gasteiger partial charge in [0.1, 0.15) is 0 Å². The summed E-state index contributed by atoms with van der Waals surface area (Å²) in [5, 5.41) is 3.41. The topological polar surface area (TPSA) is 64.1 Å². The second-order valence-electron chi connectivity index (χ2n) is 5.79. The highest BCUT2D eigenvalue weighted by atomic mass is 14.9. The summed E-state index contributed by atoms with van der Waals surface area (Å²) < 4.78 is 0. The Morgan fingerprint density at radius 1 is 1.17 bits per heavy atom. The number of nitrogens with one attached hydrogen (secondary N) is 1. The monoisotopic (exact) mass is 245 g/mol. The van der Waals surface area contributed by atoms with Gasteiger partial charge in [-0.2, -0.15) is 0 Å². The average molecular weight is 245 g/mol. The van der Waals surface area contributed by atoms with Crippen LogP contribution < -0.4 is 16.8 Å². The molecule has 2 aliphatic rings. The molecule has 1 saturated carbocycles. The summed E-state index contributed by atoms with van der Waals surface area (Å²) in [6, 6.07) is 7.19. The van der Waals surface area contributed by atoms with E-state index >= 15 is 0 Å². The van der Waals surface area contributed by atoms with E-state index in [9.17, 15) is 0 Å². The lowest BCUT2D eigenvalue weighted by Gasteiger charge is -2.28. The first-order valence-corrected chi connectivity index (χ1v) is 7.07. The van der Waals surface area contributed by atoms with E-state index in [4.69, 9.17) is 11.5 Å². The third-order valence-corrected chi connectivity index (χ3v) is 4.26. The standard InChI is InChI=1S/C15H23N3/c16-7-12-5-11(3-4-15(12)10-1-2-10)13-6-14(17)9-18-8-13/h3-5,10,13-14,18H,1-2,6-9,16-17H2. The average Bonchev–Trinajstić information content (AvgIpc) is 3.22. The maximum Gasteiger partial charge on any atom is 0.0181 e. The summed E-state index contributed by atoms with van der Waals surface area (Å²) in [6.07, 6.45) is 3.75. The lowest BCUT2D eigenvalue weighted by atomic mass is 9.87. The molecule has 1 aromatic rings. The maximum absolute atomic E-state index is 6.03. The second kappa shape index (κ2) is 5.00. The van der Waals surface area contributed by atoms with Gasteiger partial charge in [-0.1, -0.05) is 18.2 Å². The molecule has 0 bridgehead atoms. The molecule has 0 amide bonds. The first-order valence-electron chi connectivity index (χ1n) is 7.07. The third kappa shape index (κ3) is 2.44. The molecule has 98 valence electrons. The minimum atomic E-state index is 0.285. The van der Waals surface area contributed by atoms with Crippen molar-refractivity contribution in [2.45, 2.75) is 43.7 Å². The molecule has 0 spiro atoms. The van der Waals surface area contributed by atoms with Gasteiger partial charge >= 0.3 is 0 Å². The number of hydrogen-bond acceptors (Lipinski definition) is 3. The van der Waals surface area contributed by atoms with Crippen molar-refractivity contribution in [1.82, 2.24) is 5.32 Å². The molecule has 1 aliphatic heterocycles. The van der Waals surface area contributed by atoms with Crippen LogP contribution in [0, 0.1) is 0 Å². The zero-order valence-corrected chi connectivity index (χ0v) is 10.9. The van der Waals surface area contributed by atoms with Crippen LogP contribution in [0.4, 0.5) is 0 Å². The highest BCUT2D eigenvalue weighted by molar-refractivity contribution is 5.38. The zero-order chi connectivity index (χ0) is 12.5. The molecule has 2 atom stereocenters. The Hall–Kier alpha value is -0.900. The van der Waals surface area contributed by atoms with Crippen LogP contribution in [0.1, 0.15) is 47.8 Å². The van der Waals surface area contributed by atoms with Crippen LogP contribution in [0.5, 0.6) is 0 Å². The third-order valence-electron chi connectivity index (χ3n) is 4.26. The smallest absolute Gasteiger partial charge is 0.0181 e. The molecule has 1 aliphatic carbocycles. The molecule has 3 rings (SSSR count). The fourth-order valence-electron chi connectivity index (χ4n) is 3.08. The van der Waals surface area contributed by atoms with Gasteiger partial charge in [0.05, 0.1) is 0 Å². The minimum absolute atomic E-state index is 0.285. The molecule has 18 heavy (non-hydrogen) atoms. The Labute approximate surface area is 109 Å². The molecular formula is C15H23N3. The van der Waals surface area contributed by atoms with E-state index in [1.54, 1.807) is 0 Å². The summed E-state index contributed by atoms with van der Waals surface area (Å²) in [6.45, 7) is 2.65. The molecule has 2 fully saturated rings. The normalized spacial score (nSPS) is 28.3. The largest absolute Gasteiger partial charge is 0.327 e. The van der Waals surface area contributed by atoms with Crippen molar-refractivity contribution in [2.75, 3.05) is 13.1 Å². The van der Waals surface area contributed by atoms with Crippen LogP contribution in [0.2, 0.25) is 0 Å². The minimum Gasteiger partial charge on any atom is -0.327 e. The summed E-state index contributed by atoms with van der Waals surface area (Å²) in [5.41, 5.74) is 16.2. The highest BCUT2D eigenvalue weighted by Gasteiger charge is 2.27. The molecule has 0 aromatic heterocycles. The Bertz CT molecular complexity index is 426. The van der Waals surface area contributed by atoms with E-state index in [2.05, 4.69) is 23.5 Å². The van der Waals surface area contributed by atoms with Gasteiger partial charge in [-0.15, -0.1) is 0 Å². The van der Waals surface area contributed by atoms with Gasteiger partial charge in [0, 0.05) is 25.7 Å². The van der Waals surface area contributed by atoms with E-state index in [-0.39, 0.29) is 6.04 Å². The molecule has 1 aromatic carbocycles. The molecule has 5 N–H and O–H groups in total. The van der Waals surface area contributed by atoms with Gasteiger partial charge in [0.2, 0.25) is 0 Å². The molecular weight excluding hydrogens is 222 g/mol. The summed E-state index contributed by atoms with van der Waals surface area (Å²) in [5.74, 6) is 1.33. The summed E-state index contributed by atoms with van der Waals surface area (Å²) in [4.78, 5) is 0. The van der Waals surface area contributed by atoms with Crippen LogP contribution in [0.25, 0.3) is 0 Å². The number of benzene rings is 1. The van der Waals surface area contributed by atoms with Gasteiger partial charge in [-0.3, -0.25) is 0 Å². The summed E-state index contributed by atoms with van der Waals surface area (Å²) >= 11 is 0. The van der Waals surface area contributed by atoms with E-state index in [1.807, 2.05) is 0 Å². The lowest BCUT2D eigenvalue weighted by Crippen LogP contribution is -2.43. The summed E-state index contributed by atoms with van der Waals surface area (Å²) in [7, 11) is 0. The van der Waals surface area contributed by atoms with Crippen LogP contribution in [-0.2, 0) is 6.54 Å². The quantitative estimate of drug-likeness (QED) is 0.755. The SMILES string of the molecule is NCc1cc(C2CNCC(N)C2)ccc1C1CC1. The van der Waals surface area contributed by atoms with Crippen molar-refractivity contribution in [3.63, 3.8) is 0 Å². The van der Waals surface area contributed by atoms with Gasteiger partial charge < -0.3 is 16.8 Å². The zero-order valence-electron chi connectivity index (χ0n) is 10.9. The van der Waals surface area contributed by atoms with Crippen LogP contribution >= 0.6 is 0 Å². The van der Waals surface area contributed by atoms with Crippen molar-refractivity contribution < 1.29 is 0 Å². The van der Waals surface area contributed by atoms with E-state index < -0.39 is 0 Å². The molecule has 3 nitrogen and oxygen atoms in total. The van der Waals surface area contributed by atoms with Gasteiger partial charge in [-0.25, -0.2) is 0 Å². The van der Waals surface area contributed by atoms with E-state index in [0.717, 1.165) is 25.4 Å². The van der Waals surface area contributed by atoms with Gasteiger partial charge in [-0.05, 0) is 47.8 Å². The molecule has 2 unspecified atom stereocenters. The van der Waals surface area contributed by atoms with Gasteiger partial charge in [0.15, 0.2) is 0 Å². The lowest BCUT2D eigenvalue weighted by molar-refractivity contribution is 0.411. The van der Waals surface area contributed by atoms with E-state index in [0.29, 0.717) is 12.5 Å². The first-order chi connectivity index (χ1) is 8.78. The Morgan fingerprint density at radius 3 is 2.67 bits per heavy atom. The van der Waals surface area contributed by atoms with E-state index in [1.165, 1.54) is 29.5 Å². The van der Waals surface area contributed by atoms with Crippen molar-refractivity contribution in [3.8, 4) is 0 Å². The predicted molar refractivity (Wildman–Crippen MR) is 74.5 cm³/mol. The first kappa shape index (κ1) is 12.2. The van der Waals surface area contributed by atoms with Crippen LogP contribution in [0.15, 0.2) is 18.2 Å². The molecule has 1 heterocycles. The highest BCUT2D eigenvalue weighted by Crippen LogP contribution is 2.42. The molecule has 1 saturated heterocycles. The van der Waals surface area contributed by atoms with Crippen molar-refractivity contribution >= 4 is 0 Å². The Balaban J connectivity index is 1.83.